The number of aryl methyl sites for hydroxylation is 1. The highest BCUT2D eigenvalue weighted by Crippen LogP contribution is 2.26. The first kappa shape index (κ1) is 16.2. The lowest BCUT2D eigenvalue weighted by molar-refractivity contribution is -0.142. The number of amides is 1. The number of carboxylic acid groups (broad SMARTS) is 1. The Kier molecular flexibility index (Phi) is 4.64. The van der Waals surface area contributed by atoms with Crippen LogP contribution in [0.5, 0.6) is 0 Å². The van der Waals surface area contributed by atoms with Crippen LogP contribution in [0.3, 0.4) is 0 Å². The van der Waals surface area contributed by atoms with Gasteiger partial charge in [0.1, 0.15) is 0 Å². The first-order valence-corrected chi connectivity index (χ1v) is 8.14. The minimum absolute atomic E-state index is 0.261. The third-order valence-corrected chi connectivity index (χ3v) is 4.51. The maximum Gasteiger partial charge on any atom is 0.308 e. The van der Waals surface area contributed by atoms with Crippen molar-refractivity contribution in [1.29, 1.82) is 0 Å². The van der Waals surface area contributed by atoms with Gasteiger partial charge in [0, 0.05) is 12.2 Å². The summed E-state index contributed by atoms with van der Waals surface area (Å²) in [4.78, 5) is 23.5. The van der Waals surface area contributed by atoms with Gasteiger partial charge in [-0.25, -0.2) is 0 Å². The summed E-state index contributed by atoms with van der Waals surface area (Å²) in [6, 6.07) is 7.85. The molecule has 0 radical (unpaired) electrons. The molecule has 6 nitrogen and oxygen atoms in total. The van der Waals surface area contributed by atoms with E-state index in [1.165, 1.54) is 11.8 Å². The Morgan fingerprint density at radius 3 is 2.75 bits per heavy atom. The van der Waals surface area contributed by atoms with Crippen LogP contribution >= 0.6 is 0 Å². The number of rotatable bonds is 5. The number of carbonyl (C=O) groups excluding carboxylic acids is 1. The van der Waals surface area contributed by atoms with E-state index in [1.54, 1.807) is 10.9 Å². The highest BCUT2D eigenvalue weighted by Gasteiger charge is 2.34. The van der Waals surface area contributed by atoms with Crippen LogP contribution in [-0.2, 0) is 11.3 Å². The zero-order valence-corrected chi connectivity index (χ0v) is 13.6. The highest BCUT2D eigenvalue weighted by molar-refractivity contribution is 5.94. The predicted octanol–water partition coefficient (Wildman–Crippen LogP) is 2.22. The Hall–Kier alpha value is -2.63. The van der Waals surface area contributed by atoms with E-state index in [2.05, 4.69) is 10.4 Å². The molecule has 1 amide bonds. The maximum atomic E-state index is 12.3. The molecule has 0 spiro atoms. The number of aromatic nitrogens is 2. The Balaban J connectivity index is 1.63. The summed E-state index contributed by atoms with van der Waals surface area (Å²) in [6.45, 7) is 2.63. The summed E-state index contributed by atoms with van der Waals surface area (Å²) in [6.07, 6.45) is 5.37. The van der Waals surface area contributed by atoms with Gasteiger partial charge in [-0.05, 0) is 25.3 Å². The number of carbonyl (C=O) groups is 2. The van der Waals surface area contributed by atoms with E-state index in [-0.39, 0.29) is 11.9 Å². The Labute approximate surface area is 140 Å². The molecule has 24 heavy (non-hydrogen) atoms. The molecule has 1 aromatic heterocycles. The lowest BCUT2D eigenvalue weighted by Gasteiger charge is -2.16. The molecular weight excluding hydrogens is 306 g/mol. The predicted molar refractivity (Wildman–Crippen MR) is 88.7 cm³/mol. The molecule has 0 saturated heterocycles. The van der Waals surface area contributed by atoms with Gasteiger partial charge in [0.15, 0.2) is 0 Å². The van der Waals surface area contributed by atoms with E-state index in [4.69, 9.17) is 0 Å². The van der Waals surface area contributed by atoms with Gasteiger partial charge in [0.25, 0.3) is 5.91 Å². The van der Waals surface area contributed by atoms with Gasteiger partial charge in [0.05, 0.1) is 24.2 Å². The molecule has 2 N–H and O–H groups in total. The van der Waals surface area contributed by atoms with E-state index in [0.29, 0.717) is 24.9 Å². The van der Waals surface area contributed by atoms with Crippen LogP contribution in [0.2, 0.25) is 0 Å². The fourth-order valence-electron chi connectivity index (χ4n) is 3.13. The second-order valence-electron chi connectivity index (χ2n) is 6.37. The molecule has 1 saturated carbocycles. The van der Waals surface area contributed by atoms with Crippen molar-refractivity contribution in [3.8, 4) is 0 Å². The fraction of sp³-hybridized carbons (Fsp3) is 0.389. The molecule has 0 bridgehead atoms. The molecule has 1 heterocycles. The summed E-state index contributed by atoms with van der Waals surface area (Å²) < 4.78 is 1.71. The van der Waals surface area contributed by atoms with Crippen molar-refractivity contribution in [3.05, 3.63) is 53.3 Å². The van der Waals surface area contributed by atoms with E-state index >= 15 is 0 Å². The van der Waals surface area contributed by atoms with Crippen LogP contribution in [0.1, 0.15) is 40.7 Å². The Morgan fingerprint density at radius 1 is 1.29 bits per heavy atom. The van der Waals surface area contributed by atoms with E-state index in [1.807, 2.05) is 31.2 Å². The maximum absolute atomic E-state index is 12.3. The van der Waals surface area contributed by atoms with E-state index in [0.717, 1.165) is 12.0 Å². The summed E-state index contributed by atoms with van der Waals surface area (Å²) >= 11 is 0. The van der Waals surface area contributed by atoms with Gasteiger partial charge in [-0.15, -0.1) is 0 Å². The molecule has 3 rings (SSSR count). The smallest absolute Gasteiger partial charge is 0.308 e. The normalized spacial score (nSPS) is 20.0. The standard InChI is InChI=1S/C18H21N3O3/c1-12-5-7-13(8-6-12)10-21-11-14(9-19-21)17(22)20-16-4-2-3-15(16)18(23)24/h5-9,11,15-16H,2-4,10H2,1H3,(H,20,22)(H,23,24). The van der Waals surface area contributed by atoms with Crippen molar-refractivity contribution >= 4 is 11.9 Å². The first-order chi connectivity index (χ1) is 11.5. The lowest BCUT2D eigenvalue weighted by atomic mass is 10.0. The van der Waals surface area contributed by atoms with Crippen molar-refractivity contribution in [2.75, 3.05) is 0 Å². The lowest BCUT2D eigenvalue weighted by Crippen LogP contribution is -2.40. The van der Waals surface area contributed by atoms with Crippen molar-refractivity contribution < 1.29 is 14.7 Å². The number of benzene rings is 1. The average molecular weight is 327 g/mol. The Morgan fingerprint density at radius 2 is 2.04 bits per heavy atom. The minimum Gasteiger partial charge on any atom is -0.481 e. The highest BCUT2D eigenvalue weighted by atomic mass is 16.4. The Bertz CT molecular complexity index is 736. The third-order valence-electron chi connectivity index (χ3n) is 4.51. The molecule has 2 atom stereocenters. The largest absolute Gasteiger partial charge is 0.481 e. The third kappa shape index (κ3) is 3.64. The number of carboxylic acids is 1. The van der Waals surface area contributed by atoms with Crippen LogP contribution in [0.25, 0.3) is 0 Å². The van der Waals surface area contributed by atoms with Crippen LogP contribution in [0, 0.1) is 12.8 Å². The molecule has 6 heteroatoms. The number of hydrogen-bond acceptors (Lipinski definition) is 3. The topological polar surface area (TPSA) is 84.2 Å². The van der Waals surface area contributed by atoms with Gasteiger partial charge in [-0.2, -0.15) is 5.10 Å². The zero-order valence-electron chi connectivity index (χ0n) is 13.6. The molecule has 1 aliphatic rings. The monoisotopic (exact) mass is 327 g/mol. The fourth-order valence-corrected chi connectivity index (χ4v) is 3.13. The van der Waals surface area contributed by atoms with Crippen molar-refractivity contribution in [3.63, 3.8) is 0 Å². The van der Waals surface area contributed by atoms with Crippen LogP contribution < -0.4 is 5.32 Å². The van der Waals surface area contributed by atoms with Crippen LogP contribution in [-0.4, -0.2) is 32.8 Å². The molecule has 1 aromatic carbocycles. The van der Waals surface area contributed by atoms with Crippen molar-refractivity contribution in [2.24, 2.45) is 5.92 Å². The van der Waals surface area contributed by atoms with Gasteiger partial charge >= 0.3 is 5.97 Å². The minimum atomic E-state index is -0.840. The second-order valence-corrected chi connectivity index (χ2v) is 6.37. The van der Waals surface area contributed by atoms with E-state index < -0.39 is 11.9 Å². The molecule has 0 aliphatic heterocycles. The van der Waals surface area contributed by atoms with Gasteiger partial charge in [0.2, 0.25) is 0 Å². The van der Waals surface area contributed by atoms with Gasteiger partial charge in [-0.3, -0.25) is 14.3 Å². The summed E-state index contributed by atoms with van der Waals surface area (Å²) in [5, 5.41) is 16.2. The number of nitrogens with one attached hydrogen (secondary N) is 1. The summed E-state index contributed by atoms with van der Waals surface area (Å²) in [5.41, 5.74) is 2.76. The second kappa shape index (κ2) is 6.86. The van der Waals surface area contributed by atoms with Crippen LogP contribution in [0.4, 0.5) is 0 Å². The van der Waals surface area contributed by atoms with Crippen LogP contribution in [0.15, 0.2) is 36.7 Å². The summed E-state index contributed by atoms with van der Waals surface area (Å²) in [7, 11) is 0. The first-order valence-electron chi connectivity index (χ1n) is 8.14. The zero-order chi connectivity index (χ0) is 17.1. The quantitative estimate of drug-likeness (QED) is 0.882. The molecule has 2 unspecified atom stereocenters. The SMILES string of the molecule is Cc1ccc(Cn2cc(C(=O)NC3CCCC3C(=O)O)cn2)cc1. The summed E-state index contributed by atoms with van der Waals surface area (Å²) in [5.74, 6) is -1.59. The van der Waals surface area contributed by atoms with Gasteiger partial charge in [-0.1, -0.05) is 36.2 Å². The van der Waals surface area contributed by atoms with E-state index in [9.17, 15) is 14.7 Å². The number of nitrogens with zero attached hydrogens (tertiary/aromatic N) is 2. The van der Waals surface area contributed by atoms with Crippen molar-refractivity contribution in [1.82, 2.24) is 15.1 Å². The molecule has 2 aromatic rings. The number of hydrogen-bond donors (Lipinski definition) is 2. The average Bonchev–Trinajstić information content (AvgIpc) is 3.19. The van der Waals surface area contributed by atoms with Crippen molar-refractivity contribution in [2.45, 2.75) is 38.8 Å². The number of aliphatic carboxylic acids is 1. The molecule has 126 valence electrons. The molecular formula is C18H21N3O3. The van der Waals surface area contributed by atoms with Gasteiger partial charge < -0.3 is 10.4 Å². The molecule has 1 fully saturated rings. The molecule has 1 aliphatic carbocycles.